The predicted octanol–water partition coefficient (Wildman–Crippen LogP) is 3.98. The summed E-state index contributed by atoms with van der Waals surface area (Å²) in [5, 5.41) is 7.84. The van der Waals surface area contributed by atoms with Gasteiger partial charge < -0.3 is 15.4 Å². The number of pyridine rings is 1. The van der Waals surface area contributed by atoms with Crippen molar-refractivity contribution in [3.63, 3.8) is 0 Å². The molecule has 0 amide bonds. The Morgan fingerprint density at radius 1 is 1.07 bits per heavy atom. The number of nitrogens with one attached hydrogen (secondary N) is 2. The molecule has 0 radical (unpaired) electrons. The van der Waals surface area contributed by atoms with Crippen molar-refractivity contribution in [2.45, 2.75) is 39.8 Å². The van der Waals surface area contributed by atoms with Crippen molar-refractivity contribution in [3.05, 3.63) is 75.9 Å². The van der Waals surface area contributed by atoms with Crippen LogP contribution in [0.4, 0.5) is 0 Å². The van der Waals surface area contributed by atoms with Crippen LogP contribution in [0.1, 0.15) is 34.9 Å². The lowest BCUT2D eigenvalue weighted by Crippen LogP contribution is -2.38. The molecule has 0 bridgehead atoms. The van der Waals surface area contributed by atoms with Crippen molar-refractivity contribution in [3.8, 4) is 5.88 Å². The third-order valence-corrected chi connectivity index (χ3v) is 5.58. The molecule has 1 aromatic carbocycles. The quantitative estimate of drug-likeness (QED) is 0.381. The molecular formula is C23H29N5OS. The van der Waals surface area contributed by atoms with E-state index in [1.54, 1.807) is 17.5 Å². The lowest BCUT2D eigenvalue weighted by Gasteiger charge is -2.11. The van der Waals surface area contributed by atoms with Crippen molar-refractivity contribution in [2.24, 2.45) is 4.99 Å². The first-order valence-corrected chi connectivity index (χ1v) is 11.2. The van der Waals surface area contributed by atoms with Crippen LogP contribution in [0.25, 0.3) is 0 Å². The number of aryl methyl sites for hydroxylation is 1. The highest BCUT2D eigenvalue weighted by molar-refractivity contribution is 7.11. The standard InChI is InChI=1S/C23H29N5OS/c1-3-20-16-27-22(30-20)11-13-26-23(24-4-2)28-15-19-10-12-25-21(14-19)29-17-18-8-6-5-7-9-18/h5-10,12,14,16H,3-4,11,13,15,17H2,1-2H3,(H2,24,26,28). The molecule has 2 heterocycles. The molecule has 0 spiro atoms. The van der Waals surface area contributed by atoms with Crippen molar-refractivity contribution in [2.75, 3.05) is 13.1 Å². The first-order chi connectivity index (χ1) is 14.8. The molecule has 3 aromatic rings. The number of hydrogen-bond acceptors (Lipinski definition) is 5. The second-order valence-corrected chi connectivity index (χ2v) is 7.92. The fourth-order valence-corrected chi connectivity index (χ4v) is 3.65. The molecule has 0 atom stereocenters. The summed E-state index contributed by atoms with van der Waals surface area (Å²) in [5.74, 6) is 1.41. The molecule has 0 fully saturated rings. The van der Waals surface area contributed by atoms with Gasteiger partial charge in [-0.15, -0.1) is 11.3 Å². The first kappa shape index (κ1) is 21.8. The highest BCUT2D eigenvalue weighted by Crippen LogP contribution is 2.14. The lowest BCUT2D eigenvalue weighted by atomic mass is 10.2. The summed E-state index contributed by atoms with van der Waals surface area (Å²) in [6, 6.07) is 14.0. The van der Waals surface area contributed by atoms with Crippen LogP contribution in [0.3, 0.4) is 0 Å². The van der Waals surface area contributed by atoms with Gasteiger partial charge in [0.05, 0.1) is 11.6 Å². The first-order valence-electron chi connectivity index (χ1n) is 10.3. The molecule has 0 saturated carbocycles. The second-order valence-electron chi connectivity index (χ2n) is 6.72. The molecule has 3 rings (SSSR count). The normalized spacial score (nSPS) is 11.3. The number of thiazole rings is 1. The Balaban J connectivity index is 1.51. The van der Waals surface area contributed by atoms with Crippen LogP contribution in [0.15, 0.2) is 59.9 Å². The molecule has 0 saturated heterocycles. The Morgan fingerprint density at radius 3 is 2.70 bits per heavy atom. The number of nitrogens with zero attached hydrogens (tertiary/aromatic N) is 3. The highest BCUT2D eigenvalue weighted by Gasteiger charge is 2.03. The van der Waals surface area contributed by atoms with Crippen molar-refractivity contribution in [1.29, 1.82) is 0 Å². The number of aromatic nitrogens is 2. The molecule has 0 unspecified atom stereocenters. The monoisotopic (exact) mass is 423 g/mol. The van der Waals surface area contributed by atoms with Gasteiger partial charge >= 0.3 is 0 Å². The van der Waals surface area contributed by atoms with Gasteiger partial charge in [-0.1, -0.05) is 37.3 Å². The van der Waals surface area contributed by atoms with E-state index in [0.717, 1.165) is 48.0 Å². The van der Waals surface area contributed by atoms with Gasteiger partial charge in [-0.2, -0.15) is 0 Å². The maximum absolute atomic E-state index is 5.82. The van der Waals surface area contributed by atoms with Crippen LogP contribution in [0.2, 0.25) is 0 Å². The van der Waals surface area contributed by atoms with E-state index in [0.29, 0.717) is 19.0 Å². The molecule has 6 nitrogen and oxygen atoms in total. The van der Waals surface area contributed by atoms with Gasteiger partial charge in [0.2, 0.25) is 5.88 Å². The van der Waals surface area contributed by atoms with E-state index in [1.807, 2.05) is 48.7 Å². The van der Waals surface area contributed by atoms with Crippen molar-refractivity contribution in [1.82, 2.24) is 20.6 Å². The largest absolute Gasteiger partial charge is 0.473 e. The van der Waals surface area contributed by atoms with E-state index in [1.165, 1.54) is 4.88 Å². The molecular weight excluding hydrogens is 394 g/mol. The third-order valence-electron chi connectivity index (χ3n) is 4.37. The zero-order valence-electron chi connectivity index (χ0n) is 17.6. The van der Waals surface area contributed by atoms with Gasteiger partial charge in [0.1, 0.15) is 6.61 Å². The minimum absolute atomic E-state index is 0.501. The summed E-state index contributed by atoms with van der Waals surface area (Å²) < 4.78 is 5.82. The van der Waals surface area contributed by atoms with Crippen LogP contribution in [-0.2, 0) is 26.0 Å². The molecule has 158 valence electrons. The Hall–Kier alpha value is -2.93. The number of aliphatic imine (C=N–C) groups is 1. The SMILES string of the molecule is CCNC(=NCc1ccnc(OCc2ccccc2)c1)NCCc1ncc(CC)s1. The van der Waals surface area contributed by atoms with Crippen molar-refractivity contribution >= 4 is 17.3 Å². The second kappa shape index (κ2) is 11.9. The zero-order valence-corrected chi connectivity index (χ0v) is 18.4. The number of ether oxygens (including phenoxy) is 1. The summed E-state index contributed by atoms with van der Waals surface area (Å²) in [5.41, 5.74) is 2.17. The van der Waals surface area contributed by atoms with Gasteiger partial charge in [0.15, 0.2) is 5.96 Å². The molecule has 0 aliphatic carbocycles. The van der Waals surface area contributed by atoms with Gasteiger partial charge in [0, 0.05) is 42.8 Å². The summed E-state index contributed by atoms with van der Waals surface area (Å²) in [4.78, 5) is 14.8. The Kier molecular flexibility index (Phi) is 8.65. The molecule has 0 aliphatic heterocycles. The summed E-state index contributed by atoms with van der Waals surface area (Å²) >= 11 is 1.78. The highest BCUT2D eigenvalue weighted by atomic mass is 32.1. The van der Waals surface area contributed by atoms with E-state index in [4.69, 9.17) is 4.74 Å². The van der Waals surface area contributed by atoms with Crippen LogP contribution in [-0.4, -0.2) is 29.0 Å². The van der Waals surface area contributed by atoms with Crippen LogP contribution in [0.5, 0.6) is 5.88 Å². The smallest absolute Gasteiger partial charge is 0.213 e. The third kappa shape index (κ3) is 7.15. The lowest BCUT2D eigenvalue weighted by molar-refractivity contribution is 0.293. The molecule has 2 N–H and O–H groups in total. The number of benzene rings is 1. The van der Waals surface area contributed by atoms with Crippen LogP contribution >= 0.6 is 11.3 Å². The maximum atomic E-state index is 5.82. The Bertz CT molecular complexity index is 926. The van der Waals surface area contributed by atoms with Crippen molar-refractivity contribution < 1.29 is 4.74 Å². The molecule has 7 heteroatoms. The fraction of sp³-hybridized carbons (Fsp3) is 0.348. The van der Waals surface area contributed by atoms with Crippen LogP contribution < -0.4 is 15.4 Å². The summed E-state index contributed by atoms with van der Waals surface area (Å²) in [6.07, 6.45) is 5.67. The summed E-state index contributed by atoms with van der Waals surface area (Å²) in [7, 11) is 0. The number of hydrogen-bond donors (Lipinski definition) is 2. The molecule has 0 aliphatic rings. The fourth-order valence-electron chi connectivity index (χ4n) is 2.79. The number of guanidine groups is 1. The van der Waals surface area contributed by atoms with Gasteiger partial charge in [-0.25, -0.2) is 15.0 Å². The topological polar surface area (TPSA) is 71.4 Å². The Labute approximate surface area is 182 Å². The summed E-state index contributed by atoms with van der Waals surface area (Å²) in [6.45, 7) is 6.88. The van der Waals surface area contributed by atoms with E-state index in [2.05, 4.69) is 39.4 Å². The van der Waals surface area contributed by atoms with E-state index in [-0.39, 0.29) is 0 Å². The van der Waals surface area contributed by atoms with Gasteiger partial charge in [0.25, 0.3) is 0 Å². The minimum Gasteiger partial charge on any atom is -0.473 e. The average molecular weight is 424 g/mol. The Morgan fingerprint density at radius 2 is 1.93 bits per heavy atom. The average Bonchev–Trinajstić information content (AvgIpc) is 3.25. The minimum atomic E-state index is 0.501. The maximum Gasteiger partial charge on any atom is 0.213 e. The zero-order chi connectivity index (χ0) is 21.0. The van der Waals surface area contributed by atoms with E-state index < -0.39 is 0 Å². The van der Waals surface area contributed by atoms with E-state index >= 15 is 0 Å². The molecule has 2 aromatic heterocycles. The number of rotatable bonds is 10. The van der Waals surface area contributed by atoms with E-state index in [9.17, 15) is 0 Å². The molecule has 30 heavy (non-hydrogen) atoms. The van der Waals surface area contributed by atoms with Gasteiger partial charge in [-0.3, -0.25) is 0 Å². The van der Waals surface area contributed by atoms with Crippen LogP contribution in [0, 0.1) is 0 Å². The predicted molar refractivity (Wildman–Crippen MR) is 123 cm³/mol. The van der Waals surface area contributed by atoms with Gasteiger partial charge in [-0.05, 0) is 30.5 Å².